The summed E-state index contributed by atoms with van der Waals surface area (Å²) >= 11 is 0. The second kappa shape index (κ2) is 7.99. The first-order valence-electron chi connectivity index (χ1n) is 8.50. The lowest BCUT2D eigenvalue weighted by molar-refractivity contribution is -0.123. The fourth-order valence-electron chi connectivity index (χ4n) is 3.05. The van der Waals surface area contributed by atoms with Gasteiger partial charge in [-0.25, -0.2) is 13.8 Å². The quantitative estimate of drug-likeness (QED) is 0.684. The van der Waals surface area contributed by atoms with Crippen LogP contribution in [0.1, 0.15) is 40.8 Å². The van der Waals surface area contributed by atoms with Crippen LogP contribution in [0.2, 0.25) is 0 Å². The van der Waals surface area contributed by atoms with E-state index in [-0.39, 0.29) is 11.4 Å². The van der Waals surface area contributed by atoms with Gasteiger partial charge in [0, 0.05) is 24.0 Å². The van der Waals surface area contributed by atoms with Crippen molar-refractivity contribution in [3.05, 3.63) is 89.5 Å². The highest BCUT2D eigenvalue weighted by molar-refractivity contribution is 5.97. The second-order valence-electron chi connectivity index (χ2n) is 6.24. The van der Waals surface area contributed by atoms with E-state index in [4.69, 9.17) is 5.73 Å². The van der Waals surface area contributed by atoms with E-state index < -0.39 is 35.5 Å². The number of aromatic amines is 1. The van der Waals surface area contributed by atoms with Gasteiger partial charge in [-0.1, -0.05) is 18.2 Å². The number of imidazole rings is 1. The van der Waals surface area contributed by atoms with Crippen LogP contribution < -0.4 is 5.73 Å². The Morgan fingerprint density at radius 2 is 1.75 bits per heavy atom. The van der Waals surface area contributed by atoms with Crippen molar-refractivity contribution in [2.75, 3.05) is 0 Å². The molecular formula is C20H18F2N4O2. The van der Waals surface area contributed by atoms with Crippen LogP contribution in [0.3, 0.4) is 0 Å². The van der Waals surface area contributed by atoms with Crippen LogP contribution in [0.5, 0.6) is 0 Å². The van der Waals surface area contributed by atoms with E-state index >= 15 is 0 Å². The highest BCUT2D eigenvalue weighted by atomic mass is 19.1. The Hall–Kier alpha value is -3.55. The summed E-state index contributed by atoms with van der Waals surface area (Å²) in [5, 5.41) is 0. The molecule has 6 nitrogen and oxygen atoms in total. The number of nitrogens with two attached hydrogens (primary N) is 1. The first-order chi connectivity index (χ1) is 13.4. The van der Waals surface area contributed by atoms with Crippen LogP contribution in [-0.2, 0) is 4.79 Å². The number of benzene rings is 2. The van der Waals surface area contributed by atoms with Crippen molar-refractivity contribution in [3.8, 4) is 0 Å². The third-order valence-electron chi connectivity index (χ3n) is 4.37. The van der Waals surface area contributed by atoms with Crippen LogP contribution in [0.15, 0.2) is 60.9 Å². The van der Waals surface area contributed by atoms with E-state index in [0.717, 1.165) is 18.2 Å². The van der Waals surface area contributed by atoms with Crippen LogP contribution in [0, 0.1) is 11.6 Å². The first kappa shape index (κ1) is 19.2. The molecule has 3 N–H and O–H groups in total. The summed E-state index contributed by atoms with van der Waals surface area (Å²) in [5.41, 5.74) is 6.05. The van der Waals surface area contributed by atoms with E-state index in [1.807, 2.05) is 0 Å². The standard InChI is InChI=1S/C20H18F2N4O2/c1-12(14-9-15(21)11-16(22)10-14)26(20(28)13-5-3-2-4-6-13)17(18(23)27)19-24-7-8-25-19/h2-12,17H,1H3,(H2,23,27)(H,24,25)/t12-,17?/m1/s1. The molecule has 1 heterocycles. The molecule has 0 bridgehead atoms. The number of hydrogen-bond donors (Lipinski definition) is 2. The molecule has 2 amide bonds. The van der Waals surface area contributed by atoms with Gasteiger partial charge in [-0.3, -0.25) is 9.59 Å². The number of nitrogens with one attached hydrogen (secondary N) is 1. The average Bonchev–Trinajstić information content (AvgIpc) is 3.18. The minimum Gasteiger partial charge on any atom is -0.367 e. The van der Waals surface area contributed by atoms with E-state index in [0.29, 0.717) is 5.56 Å². The van der Waals surface area contributed by atoms with Crippen molar-refractivity contribution in [1.82, 2.24) is 14.9 Å². The fraction of sp³-hybridized carbons (Fsp3) is 0.150. The molecule has 0 aliphatic carbocycles. The zero-order valence-corrected chi connectivity index (χ0v) is 15.0. The van der Waals surface area contributed by atoms with Gasteiger partial charge in [-0.05, 0) is 36.8 Å². The first-order valence-corrected chi connectivity index (χ1v) is 8.50. The highest BCUT2D eigenvalue weighted by Gasteiger charge is 2.36. The second-order valence-corrected chi connectivity index (χ2v) is 6.24. The van der Waals surface area contributed by atoms with Gasteiger partial charge in [-0.2, -0.15) is 0 Å². The van der Waals surface area contributed by atoms with Gasteiger partial charge in [0.25, 0.3) is 5.91 Å². The Labute approximate surface area is 160 Å². The maximum absolute atomic E-state index is 13.8. The number of H-pyrrole nitrogens is 1. The lowest BCUT2D eigenvalue weighted by atomic mass is 10.0. The molecule has 0 radical (unpaired) electrons. The molecule has 0 aliphatic rings. The van der Waals surface area contributed by atoms with Crippen LogP contribution in [0.4, 0.5) is 8.78 Å². The Bertz CT molecular complexity index is 957. The summed E-state index contributed by atoms with van der Waals surface area (Å²) in [4.78, 5) is 33.5. The summed E-state index contributed by atoms with van der Waals surface area (Å²) in [6.07, 6.45) is 2.91. The minimum atomic E-state index is -1.26. The normalized spacial score (nSPS) is 13.0. The number of carbonyl (C=O) groups is 2. The van der Waals surface area contributed by atoms with Gasteiger partial charge in [0.2, 0.25) is 5.91 Å². The van der Waals surface area contributed by atoms with E-state index in [1.165, 1.54) is 17.3 Å². The molecule has 3 rings (SSSR count). The summed E-state index contributed by atoms with van der Waals surface area (Å²) < 4.78 is 27.5. The summed E-state index contributed by atoms with van der Waals surface area (Å²) in [6, 6.07) is 9.06. The lowest BCUT2D eigenvalue weighted by Gasteiger charge is -2.34. The molecule has 0 fully saturated rings. The molecule has 0 saturated carbocycles. The fourth-order valence-corrected chi connectivity index (χ4v) is 3.05. The van der Waals surface area contributed by atoms with Gasteiger partial charge < -0.3 is 15.6 Å². The number of hydrogen-bond acceptors (Lipinski definition) is 3. The van der Waals surface area contributed by atoms with Crippen molar-refractivity contribution in [2.45, 2.75) is 19.0 Å². The Morgan fingerprint density at radius 1 is 1.11 bits per heavy atom. The van der Waals surface area contributed by atoms with Gasteiger partial charge in [0.15, 0.2) is 6.04 Å². The predicted molar refractivity (Wildman–Crippen MR) is 97.9 cm³/mol. The summed E-state index contributed by atoms with van der Waals surface area (Å²) in [5.74, 6) is -2.79. The topological polar surface area (TPSA) is 92.1 Å². The zero-order chi connectivity index (χ0) is 20.3. The Kier molecular flexibility index (Phi) is 5.49. The van der Waals surface area contributed by atoms with E-state index in [9.17, 15) is 18.4 Å². The maximum Gasteiger partial charge on any atom is 0.255 e. The van der Waals surface area contributed by atoms with Gasteiger partial charge in [0.05, 0.1) is 6.04 Å². The van der Waals surface area contributed by atoms with Gasteiger partial charge >= 0.3 is 0 Å². The van der Waals surface area contributed by atoms with Crippen molar-refractivity contribution in [1.29, 1.82) is 0 Å². The zero-order valence-electron chi connectivity index (χ0n) is 15.0. The maximum atomic E-state index is 13.8. The molecular weight excluding hydrogens is 366 g/mol. The van der Waals surface area contributed by atoms with Crippen LogP contribution >= 0.6 is 0 Å². The minimum absolute atomic E-state index is 0.153. The third-order valence-corrected chi connectivity index (χ3v) is 4.37. The molecule has 1 aromatic heterocycles. The molecule has 0 aliphatic heterocycles. The van der Waals surface area contributed by atoms with E-state index in [2.05, 4.69) is 9.97 Å². The highest BCUT2D eigenvalue weighted by Crippen LogP contribution is 2.31. The van der Waals surface area contributed by atoms with E-state index in [1.54, 1.807) is 37.3 Å². The molecule has 28 heavy (non-hydrogen) atoms. The average molecular weight is 384 g/mol. The number of amides is 2. The van der Waals surface area contributed by atoms with Crippen LogP contribution in [0.25, 0.3) is 0 Å². The summed E-state index contributed by atoms with van der Waals surface area (Å²) in [7, 11) is 0. The number of aromatic nitrogens is 2. The van der Waals surface area contributed by atoms with Gasteiger partial charge in [0.1, 0.15) is 17.5 Å². The third kappa shape index (κ3) is 3.90. The molecule has 8 heteroatoms. The van der Waals surface area contributed by atoms with Crippen LogP contribution in [-0.4, -0.2) is 26.7 Å². The molecule has 1 unspecified atom stereocenters. The van der Waals surface area contributed by atoms with Crippen molar-refractivity contribution in [2.24, 2.45) is 5.73 Å². The van der Waals surface area contributed by atoms with Crippen molar-refractivity contribution >= 4 is 11.8 Å². The number of halogens is 2. The smallest absolute Gasteiger partial charge is 0.255 e. The molecule has 2 atom stereocenters. The molecule has 2 aromatic carbocycles. The molecule has 3 aromatic rings. The SMILES string of the molecule is C[C@H](c1cc(F)cc(F)c1)N(C(=O)c1ccccc1)C(C(N)=O)c1ncc[nH]1. The van der Waals surface area contributed by atoms with Crippen molar-refractivity contribution < 1.29 is 18.4 Å². The number of primary amides is 1. The number of rotatable bonds is 6. The molecule has 0 spiro atoms. The largest absolute Gasteiger partial charge is 0.367 e. The Morgan fingerprint density at radius 3 is 2.29 bits per heavy atom. The monoisotopic (exact) mass is 384 g/mol. The number of nitrogens with zero attached hydrogens (tertiary/aromatic N) is 2. The van der Waals surface area contributed by atoms with Gasteiger partial charge in [-0.15, -0.1) is 0 Å². The number of carbonyl (C=O) groups excluding carboxylic acids is 2. The predicted octanol–water partition coefficient (Wildman–Crippen LogP) is 3.12. The Balaban J connectivity index is 2.13. The molecule has 144 valence electrons. The lowest BCUT2D eigenvalue weighted by Crippen LogP contribution is -2.43. The van der Waals surface area contributed by atoms with Crippen molar-refractivity contribution in [3.63, 3.8) is 0 Å². The molecule has 0 saturated heterocycles. The summed E-state index contributed by atoms with van der Waals surface area (Å²) in [6.45, 7) is 1.56.